The fourth-order valence-corrected chi connectivity index (χ4v) is 3.94. The number of hydrogen-bond donors (Lipinski definition) is 2. The maximum absolute atomic E-state index is 12.3. The number of rotatable bonds is 7. The van der Waals surface area contributed by atoms with Crippen molar-refractivity contribution in [3.63, 3.8) is 0 Å². The first-order valence-corrected chi connectivity index (χ1v) is 9.31. The van der Waals surface area contributed by atoms with Gasteiger partial charge in [-0.05, 0) is 45.7 Å². The summed E-state index contributed by atoms with van der Waals surface area (Å²) in [5, 5.41) is 13.3. The molecule has 0 spiro atoms. The SMILES string of the molecule is CCn1cc(S(=O)(=O)NCCN2CCC(CO)CC2)c(C)n1. The monoisotopic (exact) mass is 330 g/mol. The number of nitrogens with zero attached hydrogens (tertiary/aromatic N) is 3. The molecule has 0 radical (unpaired) electrons. The largest absolute Gasteiger partial charge is 0.396 e. The summed E-state index contributed by atoms with van der Waals surface area (Å²) >= 11 is 0. The van der Waals surface area contributed by atoms with Crippen molar-refractivity contribution < 1.29 is 13.5 Å². The highest BCUT2D eigenvalue weighted by Gasteiger charge is 2.21. The van der Waals surface area contributed by atoms with Crippen LogP contribution in [0.1, 0.15) is 25.5 Å². The van der Waals surface area contributed by atoms with Crippen molar-refractivity contribution >= 4 is 10.0 Å². The van der Waals surface area contributed by atoms with Crippen LogP contribution in [0.4, 0.5) is 0 Å². The lowest BCUT2D eigenvalue weighted by Crippen LogP contribution is -2.40. The van der Waals surface area contributed by atoms with Crippen molar-refractivity contribution in [3.05, 3.63) is 11.9 Å². The van der Waals surface area contributed by atoms with Crippen molar-refractivity contribution in [3.8, 4) is 0 Å². The van der Waals surface area contributed by atoms with Crippen molar-refractivity contribution in [2.75, 3.05) is 32.8 Å². The van der Waals surface area contributed by atoms with Gasteiger partial charge in [-0.2, -0.15) is 5.10 Å². The molecule has 1 aromatic rings. The Labute approximate surface area is 132 Å². The molecule has 2 N–H and O–H groups in total. The van der Waals surface area contributed by atoms with E-state index in [2.05, 4.69) is 14.7 Å². The Balaban J connectivity index is 1.84. The van der Waals surface area contributed by atoms with Crippen molar-refractivity contribution in [2.24, 2.45) is 5.92 Å². The van der Waals surface area contributed by atoms with E-state index in [9.17, 15) is 8.42 Å². The molecular weight excluding hydrogens is 304 g/mol. The summed E-state index contributed by atoms with van der Waals surface area (Å²) in [4.78, 5) is 2.49. The number of aryl methyl sites for hydroxylation is 2. The molecule has 8 heteroatoms. The normalized spacial score (nSPS) is 18.0. The maximum Gasteiger partial charge on any atom is 0.244 e. The molecule has 0 aliphatic carbocycles. The van der Waals surface area contributed by atoms with Gasteiger partial charge in [0.2, 0.25) is 10.0 Å². The minimum atomic E-state index is -3.50. The summed E-state index contributed by atoms with van der Waals surface area (Å²) in [6, 6.07) is 0. The molecule has 7 nitrogen and oxygen atoms in total. The minimum Gasteiger partial charge on any atom is -0.396 e. The Kier molecular flexibility index (Phi) is 5.96. The molecule has 0 atom stereocenters. The number of hydrogen-bond acceptors (Lipinski definition) is 5. The zero-order chi connectivity index (χ0) is 16.2. The molecule has 1 fully saturated rings. The fraction of sp³-hybridized carbons (Fsp3) is 0.786. The number of likely N-dealkylation sites (tertiary alicyclic amines) is 1. The summed E-state index contributed by atoms with van der Waals surface area (Å²) in [7, 11) is -3.50. The first-order chi connectivity index (χ1) is 10.5. The van der Waals surface area contributed by atoms with E-state index in [4.69, 9.17) is 5.11 Å². The third kappa shape index (κ3) is 4.28. The van der Waals surface area contributed by atoms with Gasteiger partial charge >= 0.3 is 0 Å². The molecule has 22 heavy (non-hydrogen) atoms. The molecule has 2 rings (SSSR count). The van der Waals surface area contributed by atoms with Crippen LogP contribution in [0.2, 0.25) is 0 Å². The van der Waals surface area contributed by atoms with Crippen LogP contribution in [0.5, 0.6) is 0 Å². The third-order valence-corrected chi connectivity index (χ3v) is 5.76. The standard InChI is InChI=1S/C14H26N4O3S/c1-3-18-10-14(12(2)16-18)22(20,21)15-6-9-17-7-4-13(11-19)5-8-17/h10,13,15,19H,3-9,11H2,1-2H3. The van der Waals surface area contributed by atoms with Gasteiger partial charge in [-0.15, -0.1) is 0 Å². The van der Waals surface area contributed by atoms with E-state index in [1.54, 1.807) is 17.8 Å². The molecule has 0 unspecified atom stereocenters. The molecule has 0 bridgehead atoms. The summed E-state index contributed by atoms with van der Waals surface area (Å²) in [6.45, 7) is 7.45. The van der Waals surface area contributed by atoms with Crippen LogP contribution in [0.25, 0.3) is 0 Å². The van der Waals surface area contributed by atoms with Gasteiger partial charge in [-0.25, -0.2) is 13.1 Å². The van der Waals surface area contributed by atoms with Gasteiger partial charge in [0.1, 0.15) is 4.90 Å². The van der Waals surface area contributed by atoms with Gasteiger partial charge < -0.3 is 10.0 Å². The molecule has 1 aliphatic rings. The van der Waals surface area contributed by atoms with E-state index in [0.717, 1.165) is 25.9 Å². The van der Waals surface area contributed by atoms with E-state index in [1.807, 2.05) is 6.92 Å². The summed E-state index contributed by atoms with van der Waals surface area (Å²) in [5.41, 5.74) is 0.526. The summed E-state index contributed by atoms with van der Waals surface area (Å²) < 4.78 is 28.9. The predicted molar refractivity (Wildman–Crippen MR) is 84.1 cm³/mol. The van der Waals surface area contributed by atoms with E-state index in [1.165, 1.54) is 0 Å². The van der Waals surface area contributed by atoms with Gasteiger partial charge in [0.15, 0.2) is 0 Å². The zero-order valence-corrected chi connectivity index (χ0v) is 14.1. The van der Waals surface area contributed by atoms with Crippen LogP contribution < -0.4 is 4.72 Å². The molecule has 0 aromatic carbocycles. The minimum absolute atomic E-state index is 0.251. The second-order valence-corrected chi connectivity index (χ2v) is 7.54. The predicted octanol–water partition coefficient (Wildman–Crippen LogP) is 0.194. The molecule has 1 aromatic heterocycles. The first kappa shape index (κ1) is 17.4. The second kappa shape index (κ2) is 7.54. The van der Waals surface area contributed by atoms with Gasteiger partial charge in [0.25, 0.3) is 0 Å². The maximum atomic E-state index is 12.3. The number of aromatic nitrogens is 2. The molecule has 0 saturated carbocycles. The van der Waals surface area contributed by atoms with Crippen LogP contribution in [-0.4, -0.2) is 61.0 Å². The smallest absolute Gasteiger partial charge is 0.244 e. The van der Waals surface area contributed by atoms with E-state index in [0.29, 0.717) is 31.2 Å². The number of aliphatic hydroxyl groups excluding tert-OH is 1. The third-order valence-electron chi connectivity index (χ3n) is 4.20. The fourth-order valence-electron chi connectivity index (χ4n) is 2.73. The van der Waals surface area contributed by atoms with Gasteiger partial charge in [0.05, 0.1) is 5.69 Å². The lowest BCUT2D eigenvalue weighted by molar-refractivity contribution is 0.133. The Hall–Kier alpha value is -0.960. The zero-order valence-electron chi connectivity index (χ0n) is 13.3. The Morgan fingerprint density at radius 3 is 2.64 bits per heavy atom. The van der Waals surface area contributed by atoms with Crippen molar-refractivity contribution in [1.29, 1.82) is 0 Å². The van der Waals surface area contributed by atoms with E-state index >= 15 is 0 Å². The lowest BCUT2D eigenvalue weighted by atomic mass is 9.98. The number of aliphatic hydroxyl groups is 1. The molecule has 126 valence electrons. The summed E-state index contributed by atoms with van der Waals surface area (Å²) in [6.07, 6.45) is 3.53. The van der Waals surface area contributed by atoms with Crippen LogP contribution in [0.15, 0.2) is 11.1 Å². The van der Waals surface area contributed by atoms with Crippen LogP contribution in [-0.2, 0) is 16.6 Å². The van der Waals surface area contributed by atoms with Crippen molar-refractivity contribution in [2.45, 2.75) is 38.1 Å². The Morgan fingerprint density at radius 1 is 1.41 bits per heavy atom. The van der Waals surface area contributed by atoms with Gasteiger partial charge in [-0.1, -0.05) is 0 Å². The molecule has 2 heterocycles. The van der Waals surface area contributed by atoms with Crippen LogP contribution in [0.3, 0.4) is 0 Å². The van der Waals surface area contributed by atoms with Crippen LogP contribution in [0, 0.1) is 12.8 Å². The van der Waals surface area contributed by atoms with Gasteiger partial charge in [0, 0.05) is 32.4 Å². The Morgan fingerprint density at radius 2 is 2.09 bits per heavy atom. The highest BCUT2D eigenvalue weighted by Crippen LogP contribution is 2.16. The average Bonchev–Trinajstić information content (AvgIpc) is 2.90. The number of nitrogens with one attached hydrogen (secondary N) is 1. The number of piperidine rings is 1. The first-order valence-electron chi connectivity index (χ1n) is 7.83. The highest BCUT2D eigenvalue weighted by molar-refractivity contribution is 7.89. The number of sulfonamides is 1. The highest BCUT2D eigenvalue weighted by atomic mass is 32.2. The topological polar surface area (TPSA) is 87.5 Å². The van der Waals surface area contributed by atoms with E-state index in [-0.39, 0.29) is 11.5 Å². The molecule has 0 amide bonds. The van der Waals surface area contributed by atoms with E-state index < -0.39 is 10.0 Å². The molecule has 1 aliphatic heterocycles. The second-order valence-electron chi connectivity index (χ2n) is 5.80. The summed E-state index contributed by atoms with van der Waals surface area (Å²) in [5.74, 6) is 0.399. The van der Waals surface area contributed by atoms with Crippen LogP contribution >= 0.6 is 0 Å². The van der Waals surface area contributed by atoms with Crippen molar-refractivity contribution in [1.82, 2.24) is 19.4 Å². The average molecular weight is 330 g/mol. The van der Waals surface area contributed by atoms with Gasteiger partial charge in [-0.3, -0.25) is 4.68 Å². The Bertz CT molecular complexity index is 577. The molecular formula is C14H26N4O3S. The molecule has 1 saturated heterocycles. The quantitative estimate of drug-likeness (QED) is 0.745. The lowest BCUT2D eigenvalue weighted by Gasteiger charge is -2.30.